The Hall–Kier alpha value is -3.23. The van der Waals surface area contributed by atoms with Crippen LogP contribution < -0.4 is 10.1 Å². The normalized spacial score (nSPS) is 12.4. The molecule has 0 bridgehead atoms. The zero-order chi connectivity index (χ0) is 23.8. The lowest BCUT2D eigenvalue weighted by Crippen LogP contribution is -2.42. The third kappa shape index (κ3) is 6.63. The van der Waals surface area contributed by atoms with Crippen LogP contribution in [-0.4, -0.2) is 38.8 Å². The van der Waals surface area contributed by atoms with E-state index in [2.05, 4.69) is 5.32 Å². The first-order valence-corrected chi connectivity index (χ1v) is 12.0. The molecule has 6 nitrogen and oxygen atoms in total. The second kappa shape index (κ2) is 11.1. The van der Waals surface area contributed by atoms with E-state index in [1.807, 2.05) is 30.3 Å². The molecule has 0 radical (unpaired) electrons. The van der Waals surface area contributed by atoms with Gasteiger partial charge < -0.3 is 10.1 Å². The summed E-state index contributed by atoms with van der Waals surface area (Å²) >= 11 is 0. The number of sulfonamides is 1. The number of ether oxygens (including phenoxy) is 1. The lowest BCUT2D eigenvalue weighted by molar-refractivity contribution is -0.121. The van der Waals surface area contributed by atoms with Gasteiger partial charge in [0.1, 0.15) is 11.6 Å². The standard InChI is InChI=1S/C25H27FN2O4S/c1-19(21-8-10-22(26)11-9-21)27-25(29)18-28(17-16-20-6-4-3-5-7-20)33(30,31)24-14-12-23(32-2)13-15-24/h3-15,19H,16-18H2,1-2H3,(H,27,29)/t19-/m1/s1. The molecule has 0 aliphatic rings. The molecule has 1 N–H and O–H groups in total. The zero-order valence-corrected chi connectivity index (χ0v) is 19.4. The molecule has 0 spiro atoms. The molecule has 0 aliphatic carbocycles. The number of hydrogen-bond acceptors (Lipinski definition) is 4. The van der Waals surface area contributed by atoms with Gasteiger partial charge in [-0.2, -0.15) is 4.31 Å². The number of rotatable bonds is 10. The summed E-state index contributed by atoms with van der Waals surface area (Å²) in [7, 11) is -2.43. The van der Waals surface area contributed by atoms with Gasteiger partial charge in [-0.15, -0.1) is 0 Å². The Balaban J connectivity index is 1.77. The SMILES string of the molecule is COc1ccc(S(=O)(=O)N(CCc2ccccc2)CC(=O)N[C@H](C)c2ccc(F)cc2)cc1. The summed E-state index contributed by atoms with van der Waals surface area (Å²) in [6, 6.07) is 20.9. The zero-order valence-electron chi connectivity index (χ0n) is 18.6. The van der Waals surface area contributed by atoms with Crippen LogP contribution in [0.4, 0.5) is 4.39 Å². The van der Waals surface area contributed by atoms with Crippen molar-refractivity contribution in [3.05, 3.63) is 95.8 Å². The quantitative estimate of drug-likeness (QED) is 0.487. The lowest BCUT2D eigenvalue weighted by Gasteiger charge is -2.23. The smallest absolute Gasteiger partial charge is 0.243 e. The molecule has 1 amide bonds. The minimum atomic E-state index is -3.93. The van der Waals surface area contributed by atoms with E-state index in [1.54, 1.807) is 31.2 Å². The number of methoxy groups -OCH3 is 1. The topological polar surface area (TPSA) is 75.7 Å². The van der Waals surface area contributed by atoms with Crippen molar-refractivity contribution in [1.29, 1.82) is 0 Å². The molecule has 0 unspecified atom stereocenters. The molecule has 3 aromatic rings. The maximum atomic E-state index is 13.3. The molecule has 0 heterocycles. The van der Waals surface area contributed by atoms with Crippen molar-refractivity contribution in [1.82, 2.24) is 9.62 Å². The number of halogens is 1. The predicted octanol–water partition coefficient (Wildman–Crippen LogP) is 3.95. The van der Waals surface area contributed by atoms with Crippen molar-refractivity contribution in [3.8, 4) is 5.75 Å². The Labute approximate surface area is 194 Å². The van der Waals surface area contributed by atoms with E-state index >= 15 is 0 Å². The fourth-order valence-corrected chi connectivity index (χ4v) is 4.76. The highest BCUT2D eigenvalue weighted by molar-refractivity contribution is 7.89. The minimum absolute atomic E-state index is 0.0794. The fourth-order valence-electron chi connectivity index (χ4n) is 3.36. The molecule has 0 aromatic heterocycles. The maximum absolute atomic E-state index is 13.3. The summed E-state index contributed by atoms with van der Waals surface area (Å²) < 4.78 is 46.2. The Morgan fingerprint density at radius 2 is 1.64 bits per heavy atom. The van der Waals surface area contributed by atoms with E-state index in [1.165, 1.54) is 35.7 Å². The van der Waals surface area contributed by atoms with Crippen LogP contribution in [0.25, 0.3) is 0 Å². The van der Waals surface area contributed by atoms with E-state index < -0.39 is 22.0 Å². The summed E-state index contributed by atoms with van der Waals surface area (Å²) in [5, 5.41) is 2.80. The van der Waals surface area contributed by atoms with Crippen molar-refractivity contribution in [2.45, 2.75) is 24.3 Å². The molecule has 0 aliphatic heterocycles. The number of benzene rings is 3. The number of carbonyl (C=O) groups excluding carboxylic acids is 1. The third-order valence-corrected chi connectivity index (χ3v) is 7.12. The Morgan fingerprint density at radius 3 is 2.24 bits per heavy atom. The highest BCUT2D eigenvalue weighted by Crippen LogP contribution is 2.20. The fraction of sp³-hybridized carbons (Fsp3) is 0.240. The number of nitrogens with one attached hydrogen (secondary N) is 1. The van der Waals surface area contributed by atoms with Crippen molar-refractivity contribution >= 4 is 15.9 Å². The third-order valence-electron chi connectivity index (χ3n) is 5.26. The second-order valence-corrected chi connectivity index (χ2v) is 9.53. The van der Waals surface area contributed by atoms with Gasteiger partial charge in [-0.25, -0.2) is 12.8 Å². The van der Waals surface area contributed by atoms with Gasteiger partial charge in [0.15, 0.2) is 0 Å². The van der Waals surface area contributed by atoms with E-state index in [9.17, 15) is 17.6 Å². The van der Waals surface area contributed by atoms with Crippen LogP contribution in [0.2, 0.25) is 0 Å². The maximum Gasteiger partial charge on any atom is 0.243 e. The van der Waals surface area contributed by atoms with Crippen LogP contribution in [-0.2, 0) is 21.2 Å². The Morgan fingerprint density at radius 1 is 1.00 bits per heavy atom. The van der Waals surface area contributed by atoms with Crippen molar-refractivity contribution < 1.29 is 22.3 Å². The van der Waals surface area contributed by atoms with E-state index in [0.29, 0.717) is 12.2 Å². The molecular weight excluding hydrogens is 443 g/mol. The molecule has 3 rings (SSSR count). The summed E-state index contributed by atoms with van der Waals surface area (Å²) in [5.74, 6) is -0.275. The van der Waals surface area contributed by atoms with Gasteiger partial charge >= 0.3 is 0 Å². The second-order valence-electron chi connectivity index (χ2n) is 7.59. The molecule has 174 valence electrons. The first-order chi connectivity index (χ1) is 15.8. The van der Waals surface area contributed by atoms with Crippen molar-refractivity contribution in [2.24, 2.45) is 0 Å². The molecular formula is C25H27FN2O4S. The molecule has 0 saturated heterocycles. The van der Waals surface area contributed by atoms with E-state index in [0.717, 1.165) is 11.1 Å². The Bertz CT molecular complexity index is 1150. The number of amides is 1. The van der Waals surface area contributed by atoms with Gasteiger partial charge in [-0.3, -0.25) is 4.79 Å². The predicted molar refractivity (Wildman–Crippen MR) is 125 cm³/mol. The first-order valence-electron chi connectivity index (χ1n) is 10.5. The monoisotopic (exact) mass is 470 g/mol. The lowest BCUT2D eigenvalue weighted by atomic mass is 10.1. The minimum Gasteiger partial charge on any atom is -0.497 e. The summed E-state index contributed by atoms with van der Waals surface area (Å²) in [6.07, 6.45) is 0.455. The first kappa shape index (κ1) is 24.4. The van der Waals surface area contributed by atoms with E-state index in [4.69, 9.17) is 4.74 Å². The van der Waals surface area contributed by atoms with Crippen molar-refractivity contribution in [2.75, 3.05) is 20.2 Å². The van der Waals surface area contributed by atoms with Crippen LogP contribution >= 0.6 is 0 Å². The largest absolute Gasteiger partial charge is 0.497 e. The van der Waals surface area contributed by atoms with Crippen LogP contribution in [0.1, 0.15) is 24.1 Å². The van der Waals surface area contributed by atoms with Crippen LogP contribution in [0.3, 0.4) is 0 Å². The average molecular weight is 471 g/mol. The number of nitrogens with zero attached hydrogens (tertiary/aromatic N) is 1. The van der Waals surface area contributed by atoms with Gasteiger partial charge in [0.25, 0.3) is 0 Å². The molecule has 33 heavy (non-hydrogen) atoms. The molecule has 0 fully saturated rings. The number of hydrogen-bond donors (Lipinski definition) is 1. The van der Waals surface area contributed by atoms with Gasteiger partial charge in [0, 0.05) is 6.54 Å². The molecule has 1 atom stereocenters. The van der Waals surface area contributed by atoms with Crippen molar-refractivity contribution in [3.63, 3.8) is 0 Å². The Kier molecular flexibility index (Phi) is 8.19. The molecule has 3 aromatic carbocycles. The highest BCUT2D eigenvalue weighted by atomic mass is 32.2. The van der Waals surface area contributed by atoms with E-state index in [-0.39, 0.29) is 23.8 Å². The van der Waals surface area contributed by atoms with Crippen LogP contribution in [0.5, 0.6) is 5.75 Å². The summed E-state index contributed by atoms with van der Waals surface area (Å²) in [5.41, 5.74) is 1.69. The summed E-state index contributed by atoms with van der Waals surface area (Å²) in [6.45, 7) is 1.56. The highest BCUT2D eigenvalue weighted by Gasteiger charge is 2.27. The van der Waals surface area contributed by atoms with Crippen LogP contribution in [0, 0.1) is 5.82 Å². The average Bonchev–Trinajstić information content (AvgIpc) is 2.82. The molecule has 0 saturated carbocycles. The van der Waals surface area contributed by atoms with Crippen LogP contribution in [0.15, 0.2) is 83.8 Å². The summed E-state index contributed by atoms with van der Waals surface area (Å²) in [4.78, 5) is 12.9. The molecule has 8 heteroatoms. The van der Waals surface area contributed by atoms with Gasteiger partial charge in [0.2, 0.25) is 15.9 Å². The number of carbonyl (C=O) groups is 1. The van der Waals surface area contributed by atoms with Gasteiger partial charge in [-0.05, 0) is 60.9 Å². The van der Waals surface area contributed by atoms with Gasteiger partial charge in [0.05, 0.1) is 24.6 Å². The van der Waals surface area contributed by atoms with Gasteiger partial charge in [-0.1, -0.05) is 42.5 Å².